The van der Waals surface area contributed by atoms with Crippen LogP contribution in [0, 0.1) is 0 Å². The molecular formula is C15H25N3OS. The number of nitrogens with zero attached hydrogens (tertiary/aromatic N) is 2. The second kappa shape index (κ2) is 6.76. The van der Waals surface area contributed by atoms with Gasteiger partial charge in [-0.05, 0) is 18.6 Å². The number of hydrogen-bond donors (Lipinski definition) is 1. The molecule has 1 N–H and O–H groups in total. The Morgan fingerprint density at radius 3 is 2.80 bits per heavy atom. The summed E-state index contributed by atoms with van der Waals surface area (Å²) in [6.45, 7) is 7.91. The highest BCUT2D eigenvalue weighted by molar-refractivity contribution is 8.00. The third-order valence-corrected chi connectivity index (χ3v) is 4.68. The molecule has 4 nitrogen and oxygen atoms in total. The summed E-state index contributed by atoms with van der Waals surface area (Å²) < 4.78 is 5.21. The summed E-state index contributed by atoms with van der Waals surface area (Å²) in [5, 5.41) is 4.19. The van der Waals surface area contributed by atoms with Crippen LogP contribution in [0.5, 0.6) is 0 Å². The predicted octanol–water partition coefficient (Wildman–Crippen LogP) is 3.23. The van der Waals surface area contributed by atoms with Crippen molar-refractivity contribution < 1.29 is 4.74 Å². The summed E-state index contributed by atoms with van der Waals surface area (Å²) in [5.41, 5.74) is 0.886. The van der Waals surface area contributed by atoms with Crippen molar-refractivity contribution in [3.8, 4) is 0 Å². The standard InChI is InChI=1S/C15H25N3OS/c1-15(2,3)14-17-11(10-19-4)8-13(18-14)16-9-12-6-5-7-20-12/h8,12H,5-7,9-10H2,1-4H3,(H,16,17,18). The van der Waals surface area contributed by atoms with Crippen LogP contribution in [0.1, 0.15) is 45.1 Å². The molecule has 2 rings (SSSR count). The van der Waals surface area contributed by atoms with Gasteiger partial charge in [0.25, 0.3) is 0 Å². The SMILES string of the molecule is COCc1cc(NCC2CCCS2)nc(C(C)(C)C)n1. The van der Waals surface area contributed by atoms with Gasteiger partial charge in [-0.1, -0.05) is 20.8 Å². The summed E-state index contributed by atoms with van der Waals surface area (Å²) in [4.78, 5) is 9.25. The van der Waals surface area contributed by atoms with Crippen LogP contribution in [0.4, 0.5) is 5.82 Å². The number of aromatic nitrogens is 2. The van der Waals surface area contributed by atoms with E-state index < -0.39 is 0 Å². The molecule has 1 aromatic heterocycles. The van der Waals surface area contributed by atoms with E-state index in [4.69, 9.17) is 4.74 Å². The molecule has 20 heavy (non-hydrogen) atoms. The lowest BCUT2D eigenvalue weighted by Crippen LogP contribution is -2.20. The van der Waals surface area contributed by atoms with Crippen LogP contribution >= 0.6 is 11.8 Å². The van der Waals surface area contributed by atoms with Crippen molar-refractivity contribution in [3.63, 3.8) is 0 Å². The molecule has 0 radical (unpaired) electrons. The molecule has 1 aliphatic rings. The van der Waals surface area contributed by atoms with Gasteiger partial charge in [-0.15, -0.1) is 0 Å². The van der Waals surface area contributed by atoms with Crippen LogP contribution in [-0.4, -0.2) is 34.6 Å². The molecule has 0 aromatic carbocycles. The highest BCUT2D eigenvalue weighted by Gasteiger charge is 2.20. The molecule has 0 spiro atoms. The zero-order chi connectivity index (χ0) is 14.6. The summed E-state index contributed by atoms with van der Waals surface area (Å²) in [5.74, 6) is 3.08. The second-order valence-corrected chi connectivity index (χ2v) is 7.68. The lowest BCUT2D eigenvalue weighted by atomic mass is 9.95. The van der Waals surface area contributed by atoms with E-state index in [2.05, 4.69) is 47.8 Å². The third kappa shape index (κ3) is 4.35. The quantitative estimate of drug-likeness (QED) is 0.903. The van der Waals surface area contributed by atoms with Crippen LogP contribution in [0.15, 0.2) is 6.07 Å². The molecule has 1 aromatic rings. The fraction of sp³-hybridized carbons (Fsp3) is 0.733. The molecule has 5 heteroatoms. The number of hydrogen-bond acceptors (Lipinski definition) is 5. The van der Waals surface area contributed by atoms with Gasteiger partial charge in [0.1, 0.15) is 11.6 Å². The molecule has 0 bridgehead atoms. The number of anilines is 1. The Bertz CT molecular complexity index is 439. The minimum absolute atomic E-state index is 0.0533. The Morgan fingerprint density at radius 1 is 1.40 bits per heavy atom. The molecule has 112 valence electrons. The Hall–Kier alpha value is -0.810. The van der Waals surface area contributed by atoms with Gasteiger partial charge in [0.05, 0.1) is 12.3 Å². The van der Waals surface area contributed by atoms with E-state index in [1.54, 1.807) is 7.11 Å². The van der Waals surface area contributed by atoms with Crippen molar-refractivity contribution in [2.24, 2.45) is 0 Å². The minimum atomic E-state index is -0.0533. The molecule has 1 fully saturated rings. The monoisotopic (exact) mass is 295 g/mol. The second-order valence-electron chi connectivity index (χ2n) is 6.27. The van der Waals surface area contributed by atoms with E-state index in [-0.39, 0.29) is 5.41 Å². The van der Waals surface area contributed by atoms with Gasteiger partial charge in [-0.25, -0.2) is 9.97 Å². The fourth-order valence-corrected chi connectivity index (χ4v) is 3.37. The largest absolute Gasteiger partial charge is 0.378 e. The Balaban J connectivity index is 2.11. The summed E-state index contributed by atoms with van der Waals surface area (Å²) >= 11 is 2.06. The Kier molecular flexibility index (Phi) is 5.27. The number of nitrogens with one attached hydrogen (secondary N) is 1. The normalized spacial score (nSPS) is 19.3. The predicted molar refractivity (Wildman–Crippen MR) is 85.4 cm³/mol. The van der Waals surface area contributed by atoms with E-state index in [9.17, 15) is 0 Å². The molecule has 0 aliphatic carbocycles. The first-order valence-corrected chi connectivity index (χ1v) is 8.27. The van der Waals surface area contributed by atoms with Gasteiger partial charge in [-0.2, -0.15) is 11.8 Å². The van der Waals surface area contributed by atoms with Crippen molar-refractivity contribution in [1.29, 1.82) is 0 Å². The number of thioether (sulfide) groups is 1. The van der Waals surface area contributed by atoms with Gasteiger partial charge in [0.15, 0.2) is 0 Å². The van der Waals surface area contributed by atoms with Crippen molar-refractivity contribution in [2.75, 3.05) is 24.7 Å². The molecule has 1 unspecified atom stereocenters. The van der Waals surface area contributed by atoms with Crippen molar-refractivity contribution in [2.45, 2.75) is 50.9 Å². The van der Waals surface area contributed by atoms with E-state index in [1.165, 1.54) is 18.6 Å². The maximum Gasteiger partial charge on any atom is 0.136 e. The lowest BCUT2D eigenvalue weighted by Gasteiger charge is -2.19. The zero-order valence-corrected chi connectivity index (χ0v) is 13.7. The van der Waals surface area contributed by atoms with Gasteiger partial charge in [-0.3, -0.25) is 0 Å². The molecule has 1 saturated heterocycles. The first-order chi connectivity index (χ1) is 9.49. The topological polar surface area (TPSA) is 47.0 Å². The number of methoxy groups -OCH3 is 1. The van der Waals surface area contributed by atoms with E-state index in [0.29, 0.717) is 11.9 Å². The van der Waals surface area contributed by atoms with Crippen LogP contribution in [0.2, 0.25) is 0 Å². The average molecular weight is 295 g/mol. The van der Waals surface area contributed by atoms with Gasteiger partial charge in [0, 0.05) is 30.4 Å². The fourth-order valence-electron chi connectivity index (χ4n) is 2.17. The minimum Gasteiger partial charge on any atom is -0.378 e. The maximum atomic E-state index is 5.21. The van der Waals surface area contributed by atoms with Crippen LogP contribution in [0.25, 0.3) is 0 Å². The highest BCUT2D eigenvalue weighted by Crippen LogP contribution is 2.26. The summed E-state index contributed by atoms with van der Waals surface area (Å²) in [6, 6.07) is 2.00. The highest BCUT2D eigenvalue weighted by atomic mass is 32.2. The average Bonchev–Trinajstić information content (AvgIpc) is 2.88. The summed E-state index contributed by atoms with van der Waals surface area (Å²) in [7, 11) is 1.70. The van der Waals surface area contributed by atoms with E-state index >= 15 is 0 Å². The lowest BCUT2D eigenvalue weighted by molar-refractivity contribution is 0.181. The molecule has 0 saturated carbocycles. The molecular weight excluding hydrogens is 270 g/mol. The van der Waals surface area contributed by atoms with Crippen molar-refractivity contribution in [1.82, 2.24) is 9.97 Å². The molecule has 1 atom stereocenters. The van der Waals surface area contributed by atoms with Crippen LogP contribution in [-0.2, 0) is 16.8 Å². The molecule has 2 heterocycles. The third-order valence-electron chi connectivity index (χ3n) is 3.28. The van der Waals surface area contributed by atoms with Gasteiger partial charge in [0.2, 0.25) is 0 Å². The Morgan fingerprint density at radius 2 is 2.20 bits per heavy atom. The Labute approximate surface area is 126 Å². The van der Waals surface area contributed by atoms with E-state index in [0.717, 1.165) is 23.9 Å². The number of ether oxygens (including phenoxy) is 1. The maximum absolute atomic E-state index is 5.21. The number of rotatable bonds is 5. The van der Waals surface area contributed by atoms with Crippen molar-refractivity contribution >= 4 is 17.6 Å². The molecule has 0 amide bonds. The van der Waals surface area contributed by atoms with Crippen LogP contribution in [0.3, 0.4) is 0 Å². The summed E-state index contributed by atoms with van der Waals surface area (Å²) in [6.07, 6.45) is 2.64. The smallest absolute Gasteiger partial charge is 0.136 e. The van der Waals surface area contributed by atoms with Gasteiger partial charge < -0.3 is 10.1 Å². The van der Waals surface area contributed by atoms with Gasteiger partial charge >= 0.3 is 0 Å². The van der Waals surface area contributed by atoms with E-state index in [1.807, 2.05) is 6.07 Å². The first-order valence-electron chi connectivity index (χ1n) is 7.22. The van der Waals surface area contributed by atoms with Crippen LogP contribution < -0.4 is 5.32 Å². The van der Waals surface area contributed by atoms with Crippen molar-refractivity contribution in [3.05, 3.63) is 17.6 Å². The first kappa shape index (κ1) is 15.6. The molecule has 1 aliphatic heterocycles. The zero-order valence-electron chi connectivity index (χ0n) is 12.9.